The highest BCUT2D eigenvalue weighted by Crippen LogP contribution is 2.40. The molecule has 1 fully saturated rings. The molecule has 0 unspecified atom stereocenters. The summed E-state index contributed by atoms with van der Waals surface area (Å²) in [6.45, 7) is 4.85. The molecule has 1 saturated heterocycles. The average molecular weight is 677 g/mol. The molecule has 0 spiro atoms. The quantitative estimate of drug-likeness (QED) is 0.240. The number of fused-ring (bicyclic) bond motifs is 2. The zero-order valence-corrected chi connectivity index (χ0v) is 26.8. The normalized spacial score (nSPS) is 18.9. The molecule has 0 bridgehead atoms. The van der Waals surface area contributed by atoms with E-state index in [0.717, 1.165) is 11.3 Å². The van der Waals surface area contributed by atoms with Crippen LogP contribution >= 0.6 is 22.9 Å². The summed E-state index contributed by atoms with van der Waals surface area (Å²) < 4.78 is 52.9. The number of aromatic carboxylic acids is 1. The predicted octanol–water partition coefficient (Wildman–Crippen LogP) is 6.08. The molecule has 4 aromatic rings. The number of aromatic nitrogens is 3. The van der Waals surface area contributed by atoms with Gasteiger partial charge in [-0.2, -0.15) is 13.2 Å². The lowest BCUT2D eigenvalue weighted by Crippen LogP contribution is -2.51. The number of thiophene rings is 1. The third-order valence-electron chi connectivity index (χ3n) is 8.52. The fraction of sp³-hybridized carbons (Fsp3) is 0.438. The van der Waals surface area contributed by atoms with Gasteiger partial charge in [0.05, 0.1) is 47.2 Å². The van der Waals surface area contributed by atoms with Gasteiger partial charge in [0.15, 0.2) is 0 Å². The van der Waals surface area contributed by atoms with E-state index in [-0.39, 0.29) is 43.5 Å². The first-order valence-corrected chi connectivity index (χ1v) is 16.2. The Morgan fingerprint density at radius 2 is 2.02 bits per heavy atom. The van der Waals surface area contributed by atoms with E-state index in [1.54, 1.807) is 42.0 Å². The number of carbonyl (C=O) groups is 1. The molecule has 0 radical (unpaired) electrons. The fourth-order valence-corrected chi connectivity index (χ4v) is 7.60. The van der Waals surface area contributed by atoms with Gasteiger partial charge in [0.25, 0.3) is 5.56 Å². The standard InChI is InChI=1S/C32H32ClF3N4O5S/c1-17-11-23(29-28(37-17)25(16-46-29)31(42)43)22-12-19(33)3-6-27(22)45-10-8-40-18(2)38-26-5-4-20(13-24(26)30(40)41)39-7-9-44-21(15-39)14-32(34,35)36/h3,6,11-12,16,20-21H,4-5,7-10,13-15H2,1-2H3,(H,42,43)/t20-,21+/m0/s1. The number of carboxylic acids is 1. The summed E-state index contributed by atoms with van der Waals surface area (Å²) in [5.74, 6) is 0.0169. The summed E-state index contributed by atoms with van der Waals surface area (Å²) in [7, 11) is 0. The number of carboxylic acid groups (broad SMARTS) is 1. The van der Waals surface area contributed by atoms with Crippen LogP contribution in [0.3, 0.4) is 0 Å². The fourth-order valence-electron chi connectivity index (χ4n) is 6.41. The number of alkyl halides is 3. The molecule has 2 aliphatic rings. The number of hydrogen-bond acceptors (Lipinski definition) is 8. The minimum atomic E-state index is -4.30. The molecule has 4 heterocycles. The number of nitrogens with zero attached hydrogens (tertiary/aromatic N) is 4. The lowest BCUT2D eigenvalue weighted by molar-refractivity contribution is -0.172. The number of aryl methyl sites for hydroxylation is 3. The molecular weight excluding hydrogens is 645 g/mol. The van der Waals surface area contributed by atoms with E-state index in [4.69, 9.17) is 26.1 Å². The Kier molecular flexibility index (Phi) is 9.12. The summed E-state index contributed by atoms with van der Waals surface area (Å²) in [6, 6.07) is 7.00. The number of halogens is 4. The Labute approximate surface area is 271 Å². The molecule has 3 aromatic heterocycles. The van der Waals surface area contributed by atoms with Crippen LogP contribution in [-0.2, 0) is 24.1 Å². The number of pyridine rings is 1. The minimum Gasteiger partial charge on any atom is -0.491 e. The van der Waals surface area contributed by atoms with Crippen molar-refractivity contribution in [3.05, 3.63) is 73.4 Å². The van der Waals surface area contributed by atoms with Gasteiger partial charge in [-0.25, -0.2) is 9.78 Å². The van der Waals surface area contributed by atoms with Crippen LogP contribution < -0.4 is 10.3 Å². The van der Waals surface area contributed by atoms with Crippen molar-refractivity contribution >= 4 is 39.1 Å². The van der Waals surface area contributed by atoms with E-state index in [1.807, 2.05) is 11.0 Å². The van der Waals surface area contributed by atoms with Crippen LogP contribution in [0.5, 0.6) is 5.75 Å². The van der Waals surface area contributed by atoms with Crippen molar-refractivity contribution in [2.45, 2.75) is 64.4 Å². The molecule has 1 aromatic carbocycles. The molecule has 6 rings (SSSR count). The maximum Gasteiger partial charge on any atom is 0.391 e. The molecule has 244 valence electrons. The second-order valence-electron chi connectivity index (χ2n) is 11.7. The summed E-state index contributed by atoms with van der Waals surface area (Å²) in [6.07, 6.45) is -4.49. The largest absolute Gasteiger partial charge is 0.491 e. The first-order valence-electron chi connectivity index (χ1n) is 14.9. The number of rotatable bonds is 8. The number of morpholine rings is 1. The molecule has 2 atom stereocenters. The molecule has 1 N–H and O–H groups in total. The molecule has 0 saturated carbocycles. The van der Waals surface area contributed by atoms with Crippen LogP contribution in [-0.4, -0.2) is 75.1 Å². The van der Waals surface area contributed by atoms with E-state index in [2.05, 4.69) is 4.98 Å². The van der Waals surface area contributed by atoms with Crippen LogP contribution in [0.2, 0.25) is 5.02 Å². The Hall–Kier alpha value is -3.52. The highest BCUT2D eigenvalue weighted by atomic mass is 35.5. The lowest BCUT2D eigenvalue weighted by atomic mass is 9.90. The van der Waals surface area contributed by atoms with Crippen molar-refractivity contribution < 1.29 is 32.5 Å². The van der Waals surface area contributed by atoms with Gasteiger partial charge in [-0.1, -0.05) is 11.6 Å². The monoisotopic (exact) mass is 676 g/mol. The number of ether oxygens (including phenoxy) is 2. The van der Waals surface area contributed by atoms with Gasteiger partial charge in [-0.3, -0.25) is 19.2 Å². The van der Waals surface area contributed by atoms with Gasteiger partial charge in [0.1, 0.15) is 18.2 Å². The van der Waals surface area contributed by atoms with Crippen molar-refractivity contribution in [3.8, 4) is 16.9 Å². The molecule has 0 amide bonds. The van der Waals surface area contributed by atoms with Crippen molar-refractivity contribution in [2.24, 2.45) is 0 Å². The zero-order valence-electron chi connectivity index (χ0n) is 25.2. The molecule has 46 heavy (non-hydrogen) atoms. The van der Waals surface area contributed by atoms with E-state index in [1.165, 1.54) is 11.3 Å². The van der Waals surface area contributed by atoms with Crippen LogP contribution in [0.1, 0.15) is 46.0 Å². The van der Waals surface area contributed by atoms with Crippen molar-refractivity contribution in [3.63, 3.8) is 0 Å². The van der Waals surface area contributed by atoms with E-state index >= 15 is 0 Å². The topological polar surface area (TPSA) is 107 Å². The lowest BCUT2D eigenvalue weighted by Gasteiger charge is -2.40. The summed E-state index contributed by atoms with van der Waals surface area (Å²) in [5, 5.41) is 11.7. The molecule has 9 nitrogen and oxygen atoms in total. The molecule has 1 aliphatic heterocycles. The van der Waals surface area contributed by atoms with Crippen molar-refractivity contribution in [1.82, 2.24) is 19.4 Å². The van der Waals surface area contributed by atoms with E-state index in [9.17, 15) is 27.9 Å². The van der Waals surface area contributed by atoms with Gasteiger partial charge in [-0.15, -0.1) is 11.3 Å². The van der Waals surface area contributed by atoms with Crippen LogP contribution in [0.15, 0.2) is 34.4 Å². The third-order valence-corrected chi connectivity index (χ3v) is 9.76. The Bertz CT molecular complexity index is 1860. The maximum absolute atomic E-state index is 13.7. The summed E-state index contributed by atoms with van der Waals surface area (Å²) in [4.78, 5) is 36.7. The van der Waals surface area contributed by atoms with Gasteiger partial charge in [-0.05, 0) is 57.4 Å². The van der Waals surface area contributed by atoms with Gasteiger partial charge in [0, 0.05) is 51.9 Å². The van der Waals surface area contributed by atoms with Gasteiger partial charge in [0.2, 0.25) is 0 Å². The molecule has 14 heteroatoms. The summed E-state index contributed by atoms with van der Waals surface area (Å²) in [5.41, 5.74) is 3.74. The SMILES string of the molecule is Cc1cc(-c2cc(Cl)ccc2OCCn2c(C)nc3c(c2=O)C[C@@H](N2CCO[C@H](CC(F)(F)F)C2)CC3)c2scc(C(=O)O)c2n1. The third kappa shape index (κ3) is 6.78. The average Bonchev–Trinajstić information content (AvgIpc) is 3.42. The van der Waals surface area contributed by atoms with Crippen LogP contribution in [0.25, 0.3) is 21.3 Å². The van der Waals surface area contributed by atoms with E-state index < -0.39 is 24.7 Å². The van der Waals surface area contributed by atoms with Crippen molar-refractivity contribution in [2.75, 3.05) is 26.3 Å². The summed E-state index contributed by atoms with van der Waals surface area (Å²) >= 11 is 7.66. The number of hydrogen-bond donors (Lipinski definition) is 1. The smallest absolute Gasteiger partial charge is 0.391 e. The molecule has 1 aliphatic carbocycles. The second kappa shape index (κ2) is 12.9. The predicted molar refractivity (Wildman–Crippen MR) is 168 cm³/mol. The first kappa shape index (κ1) is 32.4. The van der Waals surface area contributed by atoms with E-state index in [0.29, 0.717) is 69.4 Å². The van der Waals surface area contributed by atoms with Gasteiger partial charge < -0.3 is 14.6 Å². The second-order valence-corrected chi connectivity index (χ2v) is 13.0. The first-order chi connectivity index (χ1) is 21.9. The van der Waals surface area contributed by atoms with Crippen molar-refractivity contribution in [1.29, 1.82) is 0 Å². The minimum absolute atomic E-state index is 0.0646. The van der Waals surface area contributed by atoms with Crippen LogP contribution in [0, 0.1) is 13.8 Å². The van der Waals surface area contributed by atoms with Gasteiger partial charge >= 0.3 is 12.1 Å². The Morgan fingerprint density at radius 1 is 1.22 bits per heavy atom. The Balaban J connectivity index is 1.21. The highest BCUT2D eigenvalue weighted by Gasteiger charge is 2.37. The zero-order chi connectivity index (χ0) is 32.7. The highest BCUT2D eigenvalue weighted by molar-refractivity contribution is 7.18. The molecular formula is C32H32ClF3N4O5S. The maximum atomic E-state index is 13.7. The Morgan fingerprint density at radius 3 is 2.78 bits per heavy atom. The number of benzene rings is 1. The van der Waals surface area contributed by atoms with Crippen LogP contribution in [0.4, 0.5) is 13.2 Å².